The summed E-state index contributed by atoms with van der Waals surface area (Å²) < 4.78 is 38.4. The molecule has 196 valence electrons. The minimum absolute atomic E-state index is 0.0911. The molecule has 0 unspecified atom stereocenters. The number of halogens is 3. The molecule has 4 atom stereocenters. The molecule has 4 N–H and O–H groups in total. The van der Waals surface area contributed by atoms with Crippen molar-refractivity contribution in [2.75, 3.05) is 0 Å². The van der Waals surface area contributed by atoms with Gasteiger partial charge in [0, 0.05) is 11.5 Å². The summed E-state index contributed by atoms with van der Waals surface area (Å²) in [7, 11) is 0. The molecule has 0 aromatic heterocycles. The SMILES string of the molecule is CC1(C)C[C@@H](C[C@@H](C#N)NC(=O)[C@H](CC2CC2)NC(=O)[C@@H](NC(=O)C(F)(F)F)C(C)(C)C)C(=O)N1. The summed E-state index contributed by atoms with van der Waals surface area (Å²) in [6.45, 7) is 8.18. The van der Waals surface area contributed by atoms with E-state index >= 15 is 0 Å². The van der Waals surface area contributed by atoms with Gasteiger partial charge in [-0.25, -0.2) is 0 Å². The second-order valence-electron chi connectivity index (χ2n) is 11.2. The van der Waals surface area contributed by atoms with Gasteiger partial charge in [-0.15, -0.1) is 0 Å². The monoisotopic (exact) mass is 501 g/mol. The molecule has 1 saturated carbocycles. The molecule has 4 amide bonds. The fraction of sp³-hybridized carbons (Fsp3) is 0.783. The summed E-state index contributed by atoms with van der Waals surface area (Å²) >= 11 is 0. The summed E-state index contributed by atoms with van der Waals surface area (Å²) in [5.74, 6) is -4.36. The van der Waals surface area contributed by atoms with Crippen LogP contribution in [0.2, 0.25) is 0 Å². The summed E-state index contributed by atoms with van der Waals surface area (Å²) in [5.41, 5.74) is -1.50. The van der Waals surface area contributed by atoms with Crippen LogP contribution in [0.5, 0.6) is 0 Å². The van der Waals surface area contributed by atoms with Crippen LogP contribution in [0, 0.1) is 28.6 Å². The van der Waals surface area contributed by atoms with E-state index in [1.807, 2.05) is 19.9 Å². The molecule has 2 rings (SSSR count). The molecule has 1 heterocycles. The first-order chi connectivity index (χ1) is 15.9. The maximum Gasteiger partial charge on any atom is 0.471 e. The number of carbonyl (C=O) groups excluding carboxylic acids is 4. The molecule has 0 bridgehead atoms. The first-order valence-electron chi connectivity index (χ1n) is 11.6. The molecular weight excluding hydrogens is 467 g/mol. The number of nitriles is 1. The quantitative estimate of drug-likeness (QED) is 0.381. The van der Waals surface area contributed by atoms with E-state index in [0.717, 1.165) is 12.8 Å². The Balaban J connectivity index is 2.10. The van der Waals surface area contributed by atoms with Crippen LogP contribution in [-0.2, 0) is 19.2 Å². The van der Waals surface area contributed by atoms with Gasteiger partial charge in [0.1, 0.15) is 18.1 Å². The van der Waals surface area contributed by atoms with Crippen LogP contribution in [0.15, 0.2) is 0 Å². The third kappa shape index (κ3) is 8.40. The maximum atomic E-state index is 13.0. The molecule has 1 aliphatic heterocycles. The number of nitrogens with zero attached hydrogens (tertiary/aromatic N) is 1. The van der Waals surface area contributed by atoms with Gasteiger partial charge in [-0.3, -0.25) is 19.2 Å². The zero-order chi connectivity index (χ0) is 26.8. The third-order valence-corrected chi connectivity index (χ3v) is 6.14. The molecule has 1 saturated heterocycles. The van der Waals surface area contributed by atoms with Gasteiger partial charge in [-0.05, 0) is 44.4 Å². The molecule has 35 heavy (non-hydrogen) atoms. The van der Waals surface area contributed by atoms with Crippen molar-refractivity contribution in [3.05, 3.63) is 0 Å². The number of nitrogens with one attached hydrogen (secondary N) is 4. The van der Waals surface area contributed by atoms with Gasteiger partial charge >= 0.3 is 12.1 Å². The lowest BCUT2D eigenvalue weighted by atomic mass is 9.85. The van der Waals surface area contributed by atoms with Crippen molar-refractivity contribution in [1.29, 1.82) is 5.26 Å². The minimum Gasteiger partial charge on any atom is -0.351 e. The first-order valence-corrected chi connectivity index (χ1v) is 11.6. The topological polar surface area (TPSA) is 140 Å². The van der Waals surface area contributed by atoms with E-state index in [-0.39, 0.29) is 24.7 Å². The Labute approximate surface area is 202 Å². The van der Waals surface area contributed by atoms with Gasteiger partial charge < -0.3 is 21.3 Å². The van der Waals surface area contributed by atoms with Gasteiger partial charge in [0.15, 0.2) is 0 Å². The largest absolute Gasteiger partial charge is 0.471 e. The van der Waals surface area contributed by atoms with Gasteiger partial charge in [0.25, 0.3) is 0 Å². The summed E-state index contributed by atoms with van der Waals surface area (Å²) in [5, 5.41) is 19.1. The van der Waals surface area contributed by atoms with Crippen LogP contribution >= 0.6 is 0 Å². The number of rotatable bonds is 9. The van der Waals surface area contributed by atoms with E-state index in [9.17, 15) is 37.6 Å². The minimum atomic E-state index is -5.17. The van der Waals surface area contributed by atoms with Crippen LogP contribution in [-0.4, -0.2) is 53.5 Å². The average Bonchev–Trinajstić information content (AvgIpc) is 3.47. The summed E-state index contributed by atoms with van der Waals surface area (Å²) in [6.07, 6.45) is -2.66. The lowest BCUT2D eigenvalue weighted by Crippen LogP contribution is -2.59. The lowest BCUT2D eigenvalue weighted by Gasteiger charge is -2.32. The third-order valence-electron chi connectivity index (χ3n) is 6.14. The number of amides is 4. The van der Waals surface area contributed by atoms with E-state index in [1.165, 1.54) is 20.8 Å². The highest BCUT2D eigenvalue weighted by Crippen LogP contribution is 2.34. The van der Waals surface area contributed by atoms with E-state index in [0.29, 0.717) is 6.42 Å². The molecular formula is C23H34F3N5O4. The van der Waals surface area contributed by atoms with Crippen LogP contribution in [0.1, 0.15) is 66.7 Å². The fourth-order valence-electron chi connectivity index (χ4n) is 4.15. The highest BCUT2D eigenvalue weighted by atomic mass is 19.4. The summed E-state index contributed by atoms with van der Waals surface area (Å²) in [4.78, 5) is 49.6. The maximum absolute atomic E-state index is 13.0. The average molecular weight is 502 g/mol. The predicted octanol–water partition coefficient (Wildman–Crippen LogP) is 1.68. The number of alkyl halides is 3. The normalized spacial score (nSPS) is 22.3. The molecule has 9 nitrogen and oxygen atoms in total. The molecule has 0 radical (unpaired) electrons. The zero-order valence-corrected chi connectivity index (χ0v) is 20.6. The first kappa shape index (κ1) is 28.4. The molecule has 0 spiro atoms. The van der Waals surface area contributed by atoms with Crippen molar-refractivity contribution in [1.82, 2.24) is 21.3 Å². The van der Waals surface area contributed by atoms with Crippen molar-refractivity contribution in [2.45, 2.75) is 96.6 Å². The predicted molar refractivity (Wildman–Crippen MR) is 119 cm³/mol. The van der Waals surface area contributed by atoms with Gasteiger partial charge in [-0.2, -0.15) is 18.4 Å². The Kier molecular flexibility index (Phi) is 8.45. The van der Waals surface area contributed by atoms with Gasteiger partial charge in [0.2, 0.25) is 17.7 Å². The van der Waals surface area contributed by atoms with Crippen LogP contribution in [0.4, 0.5) is 13.2 Å². The van der Waals surface area contributed by atoms with Crippen LogP contribution in [0.3, 0.4) is 0 Å². The summed E-state index contributed by atoms with van der Waals surface area (Å²) in [6, 6.07) is -1.68. The lowest BCUT2D eigenvalue weighted by molar-refractivity contribution is -0.175. The van der Waals surface area contributed by atoms with Crippen molar-refractivity contribution in [2.24, 2.45) is 17.3 Å². The number of carbonyl (C=O) groups is 4. The standard InChI is InChI=1S/C23H34F3N5O4/c1-21(2,3)16(30-20(35)23(24,25)26)19(34)29-15(8-12-6-7-12)18(33)28-14(11-27)9-13-10-22(4,5)31-17(13)32/h12-16H,6-10H2,1-5H3,(H,28,33)(H,29,34)(H,30,35)(H,31,32)/t13-,14+,15+,16-/m1/s1. The zero-order valence-electron chi connectivity index (χ0n) is 20.6. The van der Waals surface area contributed by atoms with Crippen molar-refractivity contribution in [3.63, 3.8) is 0 Å². The van der Waals surface area contributed by atoms with Gasteiger partial charge in [-0.1, -0.05) is 33.6 Å². The second-order valence-corrected chi connectivity index (χ2v) is 11.2. The van der Waals surface area contributed by atoms with Crippen molar-refractivity contribution < 1.29 is 32.3 Å². The highest BCUT2D eigenvalue weighted by Gasteiger charge is 2.44. The molecule has 2 aliphatic rings. The Bertz CT molecular complexity index is 887. The fourth-order valence-corrected chi connectivity index (χ4v) is 4.15. The molecule has 0 aromatic rings. The highest BCUT2D eigenvalue weighted by molar-refractivity contribution is 5.93. The van der Waals surface area contributed by atoms with E-state index < -0.39 is 58.9 Å². The number of hydrogen-bond donors (Lipinski definition) is 4. The smallest absolute Gasteiger partial charge is 0.351 e. The van der Waals surface area contributed by atoms with E-state index in [1.54, 1.807) is 5.32 Å². The Morgan fingerprint density at radius 3 is 2.11 bits per heavy atom. The van der Waals surface area contributed by atoms with E-state index in [2.05, 4.69) is 16.0 Å². The van der Waals surface area contributed by atoms with Crippen molar-refractivity contribution >= 4 is 23.6 Å². The molecule has 2 fully saturated rings. The van der Waals surface area contributed by atoms with Crippen molar-refractivity contribution in [3.8, 4) is 6.07 Å². The number of hydrogen-bond acceptors (Lipinski definition) is 5. The molecule has 12 heteroatoms. The Morgan fingerprint density at radius 1 is 1.09 bits per heavy atom. The molecule has 0 aromatic carbocycles. The Hall–Kier alpha value is -2.84. The van der Waals surface area contributed by atoms with Crippen LogP contribution < -0.4 is 21.3 Å². The second kappa shape index (κ2) is 10.4. The van der Waals surface area contributed by atoms with Gasteiger partial charge in [0.05, 0.1) is 6.07 Å². The molecule has 1 aliphatic carbocycles. The Morgan fingerprint density at radius 2 is 1.69 bits per heavy atom. The van der Waals surface area contributed by atoms with E-state index in [4.69, 9.17) is 0 Å². The van der Waals surface area contributed by atoms with Crippen LogP contribution in [0.25, 0.3) is 0 Å².